The Morgan fingerprint density at radius 1 is 1.40 bits per heavy atom. The van der Waals surface area contributed by atoms with Crippen LogP contribution in [-0.4, -0.2) is 10.9 Å². The van der Waals surface area contributed by atoms with Crippen molar-refractivity contribution in [2.75, 3.05) is 5.32 Å². The Labute approximate surface area is 123 Å². The highest BCUT2D eigenvalue weighted by atomic mass is 35.5. The monoisotopic (exact) mass is 289 g/mol. The largest absolute Gasteiger partial charge is 0.378 e. The topological polar surface area (TPSA) is 68.0 Å². The molecular weight excluding hydrogens is 274 g/mol. The summed E-state index contributed by atoms with van der Waals surface area (Å²) in [6, 6.07) is 11.8. The predicted molar refractivity (Wildman–Crippen MR) is 80.6 cm³/mol. The summed E-state index contributed by atoms with van der Waals surface area (Å²) < 4.78 is 0. The van der Waals surface area contributed by atoms with Crippen molar-refractivity contribution in [3.8, 4) is 0 Å². The number of nitrogens with one attached hydrogen (secondary N) is 1. The molecule has 0 aliphatic heterocycles. The Morgan fingerprint density at radius 2 is 2.10 bits per heavy atom. The number of rotatable bonds is 5. The van der Waals surface area contributed by atoms with Gasteiger partial charge in [0, 0.05) is 23.5 Å². The quantitative estimate of drug-likeness (QED) is 0.832. The van der Waals surface area contributed by atoms with Gasteiger partial charge in [-0.05, 0) is 18.6 Å². The molecule has 0 aliphatic carbocycles. The molecule has 0 radical (unpaired) electrons. The van der Waals surface area contributed by atoms with Crippen molar-refractivity contribution in [3.63, 3.8) is 0 Å². The molecule has 4 nitrogen and oxygen atoms in total. The average molecular weight is 290 g/mol. The van der Waals surface area contributed by atoms with Gasteiger partial charge in [0.15, 0.2) is 0 Å². The third-order valence-corrected chi connectivity index (χ3v) is 3.20. The fourth-order valence-corrected chi connectivity index (χ4v) is 2.14. The van der Waals surface area contributed by atoms with E-state index < -0.39 is 5.91 Å². The normalized spacial score (nSPS) is 11.9. The van der Waals surface area contributed by atoms with Gasteiger partial charge in [-0.1, -0.05) is 41.9 Å². The predicted octanol–water partition coefficient (Wildman–Crippen LogP) is 2.94. The Kier molecular flexibility index (Phi) is 4.58. The van der Waals surface area contributed by atoms with E-state index in [1.54, 1.807) is 12.3 Å². The summed E-state index contributed by atoms with van der Waals surface area (Å²) in [4.78, 5) is 15.1. The molecule has 0 saturated carbocycles. The zero-order chi connectivity index (χ0) is 14.5. The molecule has 2 rings (SSSR count). The first-order valence-corrected chi connectivity index (χ1v) is 6.68. The maximum Gasteiger partial charge on any atom is 0.221 e. The minimum absolute atomic E-state index is 0.0845. The lowest BCUT2D eigenvalue weighted by molar-refractivity contribution is -0.117. The molecule has 0 aliphatic rings. The van der Waals surface area contributed by atoms with Crippen molar-refractivity contribution in [1.29, 1.82) is 0 Å². The average Bonchev–Trinajstić information content (AvgIpc) is 2.42. The summed E-state index contributed by atoms with van der Waals surface area (Å²) in [5.41, 5.74) is 7.91. The van der Waals surface area contributed by atoms with E-state index >= 15 is 0 Å². The number of pyridine rings is 1. The van der Waals surface area contributed by atoms with Crippen LogP contribution in [0.5, 0.6) is 0 Å². The van der Waals surface area contributed by atoms with Crippen molar-refractivity contribution >= 4 is 23.2 Å². The van der Waals surface area contributed by atoms with Crippen LogP contribution in [0.15, 0.2) is 42.6 Å². The van der Waals surface area contributed by atoms with Crippen LogP contribution in [0.3, 0.4) is 0 Å². The molecule has 1 aromatic carbocycles. The highest BCUT2D eigenvalue weighted by Crippen LogP contribution is 2.24. The van der Waals surface area contributed by atoms with Crippen LogP contribution in [0.25, 0.3) is 0 Å². The summed E-state index contributed by atoms with van der Waals surface area (Å²) in [6.07, 6.45) is 1.71. The first-order chi connectivity index (χ1) is 9.56. The lowest BCUT2D eigenvalue weighted by Gasteiger charge is -2.18. The lowest BCUT2D eigenvalue weighted by Crippen LogP contribution is -2.16. The molecule has 5 heteroatoms. The minimum atomic E-state index is -0.399. The summed E-state index contributed by atoms with van der Waals surface area (Å²) >= 11 is 5.92. The molecule has 2 aromatic rings. The number of primary amides is 1. The molecule has 1 amide bonds. The standard InChI is InChI=1S/C15H16ClN3O/c1-10(11-5-3-2-4-6-11)19-13-8-14(16)18-9-12(13)7-15(17)20/h2-6,8-10H,7H2,1H3,(H2,17,20)(H,18,19)/t10-/m1/s1. The molecule has 20 heavy (non-hydrogen) atoms. The van der Waals surface area contributed by atoms with E-state index in [0.717, 1.165) is 16.8 Å². The van der Waals surface area contributed by atoms with Crippen LogP contribution in [-0.2, 0) is 11.2 Å². The van der Waals surface area contributed by atoms with E-state index in [1.165, 1.54) is 0 Å². The lowest BCUT2D eigenvalue weighted by atomic mass is 10.1. The molecule has 3 N–H and O–H groups in total. The first kappa shape index (κ1) is 14.3. The molecule has 104 valence electrons. The number of anilines is 1. The maximum absolute atomic E-state index is 11.1. The van der Waals surface area contributed by atoms with Crippen LogP contribution in [0.2, 0.25) is 5.15 Å². The van der Waals surface area contributed by atoms with Crippen LogP contribution >= 0.6 is 11.6 Å². The zero-order valence-electron chi connectivity index (χ0n) is 11.1. The smallest absolute Gasteiger partial charge is 0.221 e. The van der Waals surface area contributed by atoms with Gasteiger partial charge in [-0.25, -0.2) is 4.98 Å². The second-order valence-corrected chi connectivity index (χ2v) is 4.97. The summed E-state index contributed by atoms with van der Waals surface area (Å²) in [5.74, 6) is -0.399. The van der Waals surface area contributed by atoms with E-state index in [9.17, 15) is 4.79 Å². The molecule has 0 fully saturated rings. The number of carbonyl (C=O) groups excluding carboxylic acids is 1. The van der Waals surface area contributed by atoms with Gasteiger partial charge in [-0.15, -0.1) is 0 Å². The first-order valence-electron chi connectivity index (χ1n) is 6.30. The molecule has 0 saturated heterocycles. The van der Waals surface area contributed by atoms with Crippen molar-refractivity contribution in [1.82, 2.24) is 4.98 Å². The Morgan fingerprint density at radius 3 is 2.75 bits per heavy atom. The van der Waals surface area contributed by atoms with Gasteiger partial charge in [0.2, 0.25) is 5.91 Å². The van der Waals surface area contributed by atoms with Gasteiger partial charge in [-0.3, -0.25) is 4.79 Å². The van der Waals surface area contributed by atoms with Gasteiger partial charge in [-0.2, -0.15) is 0 Å². The van der Waals surface area contributed by atoms with E-state index in [1.807, 2.05) is 37.3 Å². The Bertz CT molecular complexity index is 601. The number of nitrogens with two attached hydrogens (primary N) is 1. The molecule has 0 bridgehead atoms. The Balaban J connectivity index is 2.23. The SMILES string of the molecule is C[C@@H](Nc1cc(Cl)ncc1CC(N)=O)c1ccccc1. The highest BCUT2D eigenvalue weighted by Gasteiger charge is 2.11. The summed E-state index contributed by atoms with van der Waals surface area (Å²) in [6.45, 7) is 2.04. The second-order valence-electron chi connectivity index (χ2n) is 4.58. The van der Waals surface area contributed by atoms with Crippen LogP contribution in [0.1, 0.15) is 24.1 Å². The minimum Gasteiger partial charge on any atom is -0.378 e. The van der Waals surface area contributed by atoms with Crippen molar-refractivity contribution in [2.24, 2.45) is 5.73 Å². The van der Waals surface area contributed by atoms with Crippen LogP contribution in [0.4, 0.5) is 5.69 Å². The maximum atomic E-state index is 11.1. The van der Waals surface area contributed by atoms with Crippen LogP contribution < -0.4 is 11.1 Å². The van der Waals surface area contributed by atoms with Crippen LogP contribution in [0, 0.1) is 0 Å². The van der Waals surface area contributed by atoms with Crippen molar-refractivity contribution in [2.45, 2.75) is 19.4 Å². The number of amides is 1. The number of carbonyl (C=O) groups is 1. The van der Waals surface area contributed by atoms with Gasteiger partial charge >= 0.3 is 0 Å². The fraction of sp³-hybridized carbons (Fsp3) is 0.200. The highest BCUT2D eigenvalue weighted by molar-refractivity contribution is 6.29. The summed E-state index contributed by atoms with van der Waals surface area (Å²) in [7, 11) is 0. The second kappa shape index (κ2) is 6.39. The zero-order valence-corrected chi connectivity index (χ0v) is 11.9. The van der Waals surface area contributed by atoms with Gasteiger partial charge in [0.25, 0.3) is 0 Å². The number of aromatic nitrogens is 1. The molecule has 1 atom stereocenters. The number of hydrogen-bond acceptors (Lipinski definition) is 3. The molecule has 1 aromatic heterocycles. The number of hydrogen-bond donors (Lipinski definition) is 2. The molecule has 0 unspecified atom stereocenters. The van der Waals surface area contributed by atoms with Gasteiger partial charge < -0.3 is 11.1 Å². The molecular formula is C15H16ClN3O. The van der Waals surface area contributed by atoms with E-state index in [0.29, 0.717) is 5.15 Å². The fourth-order valence-electron chi connectivity index (χ4n) is 1.98. The number of nitrogens with zero attached hydrogens (tertiary/aromatic N) is 1. The van der Waals surface area contributed by atoms with E-state index in [-0.39, 0.29) is 12.5 Å². The van der Waals surface area contributed by atoms with E-state index in [2.05, 4.69) is 10.3 Å². The molecule has 1 heterocycles. The van der Waals surface area contributed by atoms with Gasteiger partial charge in [0.1, 0.15) is 5.15 Å². The van der Waals surface area contributed by atoms with Gasteiger partial charge in [0.05, 0.1) is 6.42 Å². The van der Waals surface area contributed by atoms with Crippen molar-refractivity contribution in [3.05, 3.63) is 58.9 Å². The summed E-state index contributed by atoms with van der Waals surface area (Å²) in [5, 5.41) is 3.72. The molecule has 0 spiro atoms. The number of halogens is 1. The van der Waals surface area contributed by atoms with E-state index in [4.69, 9.17) is 17.3 Å². The Hall–Kier alpha value is -2.07. The number of benzene rings is 1. The third kappa shape index (κ3) is 3.71. The third-order valence-electron chi connectivity index (χ3n) is 2.99. The van der Waals surface area contributed by atoms with Crippen molar-refractivity contribution < 1.29 is 4.79 Å².